The highest BCUT2D eigenvalue weighted by Gasteiger charge is 2.29. The van der Waals surface area contributed by atoms with E-state index in [9.17, 15) is 18.0 Å². The van der Waals surface area contributed by atoms with E-state index in [1.54, 1.807) is 38.4 Å². The van der Waals surface area contributed by atoms with Gasteiger partial charge < -0.3 is 9.64 Å². The fraction of sp³-hybridized carbons (Fsp3) is 0.391. The Hall–Kier alpha value is -2.71. The first-order valence-electron chi connectivity index (χ1n) is 10.3. The molecule has 1 saturated heterocycles. The van der Waals surface area contributed by atoms with Crippen molar-refractivity contribution >= 4 is 21.9 Å². The molecule has 3 rings (SSSR count). The highest BCUT2D eigenvalue weighted by Crippen LogP contribution is 2.25. The van der Waals surface area contributed by atoms with Gasteiger partial charge in [-0.15, -0.1) is 0 Å². The number of hydrogen-bond acceptors (Lipinski definition) is 5. The first-order chi connectivity index (χ1) is 14.7. The number of amides is 1. The molecule has 1 fully saturated rings. The predicted octanol–water partition coefficient (Wildman–Crippen LogP) is 3.09. The molecule has 1 atom stereocenters. The lowest BCUT2D eigenvalue weighted by molar-refractivity contribution is -0.138. The lowest BCUT2D eigenvalue weighted by Crippen LogP contribution is -2.37. The number of benzene rings is 2. The van der Waals surface area contributed by atoms with E-state index in [-0.39, 0.29) is 16.4 Å². The standard InChI is InChI=1S/C23H28N2O5S/c1-17-13-15-25(16-14-17)31(28,29)20-11-9-19(10-12-20)23(27)30-21(22(26)24(2)3)18-7-5-4-6-8-18/h4-12,17,21H,13-16H2,1-3H3. The van der Waals surface area contributed by atoms with Crippen molar-refractivity contribution in [2.24, 2.45) is 5.92 Å². The van der Waals surface area contributed by atoms with Gasteiger partial charge in [0.2, 0.25) is 16.1 Å². The number of esters is 1. The Morgan fingerprint density at radius 3 is 2.13 bits per heavy atom. The summed E-state index contributed by atoms with van der Waals surface area (Å²) in [6.45, 7) is 3.12. The molecule has 166 valence electrons. The van der Waals surface area contributed by atoms with E-state index < -0.39 is 22.1 Å². The van der Waals surface area contributed by atoms with Gasteiger partial charge in [0.1, 0.15) is 0 Å². The number of likely N-dealkylation sites (N-methyl/N-ethyl adjacent to an activating group) is 1. The first kappa shape index (κ1) is 23.0. The second kappa shape index (κ2) is 9.62. The van der Waals surface area contributed by atoms with Crippen LogP contribution in [-0.4, -0.2) is 56.7 Å². The Bertz CT molecular complexity index is 1010. The molecule has 0 bridgehead atoms. The minimum absolute atomic E-state index is 0.141. The number of carbonyl (C=O) groups is 2. The molecule has 8 heteroatoms. The fourth-order valence-electron chi connectivity index (χ4n) is 3.44. The molecule has 2 aromatic carbocycles. The molecule has 7 nitrogen and oxygen atoms in total. The van der Waals surface area contributed by atoms with Gasteiger partial charge in [-0.2, -0.15) is 4.31 Å². The average Bonchev–Trinajstić information content (AvgIpc) is 2.77. The number of carbonyl (C=O) groups excluding carboxylic acids is 2. The normalized spacial score (nSPS) is 16.5. The van der Waals surface area contributed by atoms with Crippen LogP contribution in [0.25, 0.3) is 0 Å². The largest absolute Gasteiger partial charge is 0.444 e. The van der Waals surface area contributed by atoms with Gasteiger partial charge in [0.25, 0.3) is 5.91 Å². The SMILES string of the molecule is CC1CCN(S(=O)(=O)c2ccc(C(=O)OC(C(=O)N(C)C)c3ccccc3)cc2)CC1. The monoisotopic (exact) mass is 444 g/mol. The quantitative estimate of drug-likeness (QED) is 0.640. The summed E-state index contributed by atoms with van der Waals surface area (Å²) in [5.41, 5.74) is 0.742. The Labute approximate surface area is 183 Å². The van der Waals surface area contributed by atoms with Crippen molar-refractivity contribution in [3.05, 3.63) is 65.7 Å². The van der Waals surface area contributed by atoms with E-state index in [1.807, 2.05) is 6.07 Å². The van der Waals surface area contributed by atoms with Crippen LogP contribution in [-0.2, 0) is 19.6 Å². The van der Waals surface area contributed by atoms with E-state index in [0.29, 0.717) is 24.6 Å². The number of nitrogens with zero attached hydrogens (tertiary/aromatic N) is 2. The molecular weight excluding hydrogens is 416 g/mol. The van der Waals surface area contributed by atoms with Gasteiger partial charge in [-0.1, -0.05) is 37.3 Å². The summed E-state index contributed by atoms with van der Waals surface area (Å²) >= 11 is 0. The summed E-state index contributed by atoms with van der Waals surface area (Å²) in [6.07, 6.45) is 0.594. The van der Waals surface area contributed by atoms with Gasteiger partial charge >= 0.3 is 5.97 Å². The molecule has 0 saturated carbocycles. The van der Waals surface area contributed by atoms with Gasteiger partial charge in [0.05, 0.1) is 10.5 Å². The van der Waals surface area contributed by atoms with Crippen molar-refractivity contribution in [3.8, 4) is 0 Å². The lowest BCUT2D eigenvalue weighted by Gasteiger charge is -2.29. The third kappa shape index (κ3) is 5.32. The minimum atomic E-state index is -3.60. The number of ether oxygens (including phenoxy) is 1. The molecule has 2 aromatic rings. The molecule has 0 aromatic heterocycles. The molecule has 1 amide bonds. The Kier molecular flexibility index (Phi) is 7.12. The van der Waals surface area contributed by atoms with Crippen molar-refractivity contribution in [2.75, 3.05) is 27.2 Å². The first-order valence-corrected chi connectivity index (χ1v) is 11.7. The Morgan fingerprint density at radius 1 is 1.00 bits per heavy atom. The molecular formula is C23H28N2O5S. The summed E-state index contributed by atoms with van der Waals surface area (Å²) in [4.78, 5) is 26.8. The molecule has 0 spiro atoms. The summed E-state index contributed by atoms with van der Waals surface area (Å²) in [6, 6.07) is 14.4. The van der Waals surface area contributed by atoms with Gasteiger partial charge in [-0.05, 0) is 43.0 Å². The van der Waals surface area contributed by atoms with Crippen LogP contribution >= 0.6 is 0 Å². The van der Waals surface area contributed by atoms with Crippen molar-refractivity contribution in [1.29, 1.82) is 0 Å². The number of hydrogen-bond donors (Lipinski definition) is 0. The van der Waals surface area contributed by atoms with Crippen LogP contribution in [0.5, 0.6) is 0 Å². The van der Waals surface area contributed by atoms with Crippen LogP contribution < -0.4 is 0 Å². The molecule has 1 aliphatic heterocycles. The van der Waals surface area contributed by atoms with E-state index in [0.717, 1.165) is 12.8 Å². The van der Waals surface area contributed by atoms with E-state index in [2.05, 4.69) is 6.92 Å². The zero-order valence-electron chi connectivity index (χ0n) is 18.0. The van der Waals surface area contributed by atoms with Gasteiger partial charge in [-0.25, -0.2) is 13.2 Å². The van der Waals surface area contributed by atoms with Crippen LogP contribution in [0.3, 0.4) is 0 Å². The zero-order chi connectivity index (χ0) is 22.6. The van der Waals surface area contributed by atoms with Crippen LogP contribution in [0, 0.1) is 5.92 Å². The minimum Gasteiger partial charge on any atom is -0.444 e. The molecule has 31 heavy (non-hydrogen) atoms. The summed E-state index contributed by atoms with van der Waals surface area (Å²) in [7, 11) is -0.417. The van der Waals surface area contributed by atoms with Crippen LogP contribution in [0.1, 0.15) is 41.8 Å². The molecule has 1 aliphatic rings. The van der Waals surface area contributed by atoms with Gasteiger partial charge in [0.15, 0.2) is 0 Å². The van der Waals surface area contributed by atoms with Crippen molar-refractivity contribution in [2.45, 2.75) is 30.8 Å². The molecule has 0 radical (unpaired) electrons. The molecule has 1 heterocycles. The van der Waals surface area contributed by atoms with E-state index in [1.165, 1.54) is 33.5 Å². The predicted molar refractivity (Wildman–Crippen MR) is 117 cm³/mol. The lowest BCUT2D eigenvalue weighted by atomic mass is 10.0. The van der Waals surface area contributed by atoms with Crippen molar-refractivity contribution in [3.63, 3.8) is 0 Å². The van der Waals surface area contributed by atoms with Crippen LogP contribution in [0.15, 0.2) is 59.5 Å². The topological polar surface area (TPSA) is 84.0 Å². The average molecular weight is 445 g/mol. The van der Waals surface area contributed by atoms with Crippen molar-refractivity contribution in [1.82, 2.24) is 9.21 Å². The summed E-state index contributed by atoms with van der Waals surface area (Å²) in [5.74, 6) is -0.538. The number of piperidine rings is 1. The second-order valence-corrected chi connectivity index (χ2v) is 9.98. The highest BCUT2D eigenvalue weighted by molar-refractivity contribution is 7.89. The van der Waals surface area contributed by atoms with E-state index in [4.69, 9.17) is 4.74 Å². The Balaban J connectivity index is 1.77. The number of sulfonamides is 1. The Morgan fingerprint density at radius 2 is 1.58 bits per heavy atom. The van der Waals surface area contributed by atoms with Gasteiger partial charge in [-0.3, -0.25) is 4.79 Å². The van der Waals surface area contributed by atoms with Crippen LogP contribution in [0.2, 0.25) is 0 Å². The van der Waals surface area contributed by atoms with Crippen molar-refractivity contribution < 1.29 is 22.7 Å². The fourth-order valence-corrected chi connectivity index (χ4v) is 4.91. The molecule has 0 N–H and O–H groups in total. The smallest absolute Gasteiger partial charge is 0.339 e. The second-order valence-electron chi connectivity index (χ2n) is 8.04. The zero-order valence-corrected chi connectivity index (χ0v) is 18.8. The summed E-state index contributed by atoms with van der Waals surface area (Å²) in [5, 5.41) is 0. The number of rotatable bonds is 6. The maximum atomic E-state index is 12.9. The van der Waals surface area contributed by atoms with Crippen LogP contribution in [0.4, 0.5) is 0 Å². The van der Waals surface area contributed by atoms with Gasteiger partial charge in [0, 0.05) is 32.7 Å². The third-order valence-corrected chi connectivity index (χ3v) is 7.38. The summed E-state index contributed by atoms with van der Waals surface area (Å²) < 4.78 is 32.7. The maximum absolute atomic E-state index is 12.9. The van der Waals surface area contributed by atoms with E-state index >= 15 is 0 Å². The highest BCUT2D eigenvalue weighted by atomic mass is 32.2. The molecule has 0 aliphatic carbocycles. The molecule has 1 unspecified atom stereocenters. The maximum Gasteiger partial charge on any atom is 0.339 e. The third-order valence-electron chi connectivity index (χ3n) is 5.46.